The molecule has 0 spiro atoms. The first-order chi connectivity index (χ1) is 28.3. The van der Waals surface area contributed by atoms with Gasteiger partial charge in [-0.15, -0.1) is 0 Å². The van der Waals surface area contributed by atoms with Crippen molar-refractivity contribution in [3.8, 4) is 17.1 Å². The maximum absolute atomic E-state index is 6.66. The van der Waals surface area contributed by atoms with Gasteiger partial charge in [0.2, 0.25) is 5.89 Å². The molecule has 57 heavy (non-hydrogen) atoms. The number of nitrogens with zero attached hydrogens (tertiary/aromatic N) is 3. The molecule has 0 atom stereocenters. The van der Waals surface area contributed by atoms with Crippen molar-refractivity contribution in [2.45, 2.75) is 0 Å². The lowest BCUT2D eigenvalue weighted by Crippen LogP contribution is -2.12. The zero-order valence-electron chi connectivity index (χ0n) is 30.8. The van der Waals surface area contributed by atoms with Gasteiger partial charge in [-0.25, -0.2) is 4.98 Å². The van der Waals surface area contributed by atoms with Crippen LogP contribution in [0.15, 0.2) is 205 Å². The third-order valence-electron chi connectivity index (χ3n) is 11.5. The Morgan fingerprint density at radius 1 is 0.439 bits per heavy atom. The quantitative estimate of drug-likeness (QED) is 0.166. The summed E-state index contributed by atoms with van der Waals surface area (Å²) < 4.78 is 9.08. The Balaban J connectivity index is 1.18. The highest BCUT2D eigenvalue weighted by molar-refractivity contribution is 6.20. The molecule has 0 aliphatic carbocycles. The largest absolute Gasteiger partial charge is 0.435 e. The Hall–Kier alpha value is -7.69. The fourth-order valence-corrected chi connectivity index (χ4v) is 8.94. The van der Waals surface area contributed by atoms with Gasteiger partial charge in [-0.05, 0) is 104 Å². The van der Waals surface area contributed by atoms with Crippen molar-refractivity contribution in [2.75, 3.05) is 4.90 Å². The summed E-state index contributed by atoms with van der Waals surface area (Å²) in [6.07, 6.45) is 0. The third kappa shape index (κ3) is 4.91. The molecule has 0 saturated carbocycles. The SMILES string of the molecule is c1ccc(-c2nc3ccc4ccc5ccc(N(c6ccc7ccc8ccccc8c7c6)c6cccc7c8ccccc8n(-c8ccccc8)c67)cc5c4c3o2)cc1. The van der Waals surface area contributed by atoms with Crippen molar-refractivity contribution in [3.63, 3.8) is 0 Å². The summed E-state index contributed by atoms with van der Waals surface area (Å²) in [6, 6.07) is 71.8. The highest BCUT2D eigenvalue weighted by Crippen LogP contribution is 2.46. The van der Waals surface area contributed by atoms with Gasteiger partial charge in [0.05, 0.1) is 16.7 Å². The first-order valence-electron chi connectivity index (χ1n) is 19.4. The maximum atomic E-state index is 6.66. The van der Waals surface area contributed by atoms with Crippen LogP contribution in [0, 0.1) is 0 Å². The summed E-state index contributed by atoms with van der Waals surface area (Å²) >= 11 is 0. The van der Waals surface area contributed by atoms with E-state index < -0.39 is 0 Å². The normalized spacial score (nSPS) is 11.9. The zero-order valence-corrected chi connectivity index (χ0v) is 30.8. The van der Waals surface area contributed by atoms with Crippen molar-refractivity contribution in [2.24, 2.45) is 0 Å². The van der Waals surface area contributed by atoms with Gasteiger partial charge < -0.3 is 13.9 Å². The van der Waals surface area contributed by atoms with E-state index in [9.17, 15) is 0 Å². The molecule has 0 unspecified atom stereocenters. The van der Waals surface area contributed by atoms with Crippen LogP contribution < -0.4 is 4.90 Å². The smallest absolute Gasteiger partial charge is 0.227 e. The average molecular weight is 728 g/mol. The van der Waals surface area contributed by atoms with Crippen molar-refractivity contribution in [1.82, 2.24) is 9.55 Å². The second kappa shape index (κ2) is 12.4. The molecule has 0 aliphatic rings. The van der Waals surface area contributed by atoms with Crippen molar-refractivity contribution >= 4 is 93.1 Å². The lowest BCUT2D eigenvalue weighted by Gasteiger charge is -2.28. The predicted molar refractivity (Wildman–Crippen MR) is 238 cm³/mol. The van der Waals surface area contributed by atoms with Gasteiger partial charge in [-0.3, -0.25) is 0 Å². The Bertz CT molecular complexity index is 3530. The molecule has 0 amide bonds. The standard InChI is InChI=1S/C53H33N3O/c1-3-13-38(14-4-1)53-54-47-31-28-37-25-24-36-27-30-41(33-46(36)50(37)52(47)57-53)55(40-29-26-35-23-22-34-12-7-8-17-42(34)45(35)32-40)49-21-11-19-44-43-18-9-10-20-48(43)56(51(44)49)39-15-5-2-6-16-39/h1-33H. The van der Waals surface area contributed by atoms with Crippen LogP contribution >= 0.6 is 0 Å². The molecule has 10 aromatic carbocycles. The minimum atomic E-state index is 0.622. The van der Waals surface area contributed by atoms with E-state index in [-0.39, 0.29) is 0 Å². The molecule has 2 heterocycles. The molecule has 4 nitrogen and oxygen atoms in total. The van der Waals surface area contributed by atoms with Gasteiger partial charge in [0.1, 0.15) is 5.52 Å². The molecule has 0 fully saturated rings. The third-order valence-corrected chi connectivity index (χ3v) is 11.5. The van der Waals surface area contributed by atoms with E-state index in [4.69, 9.17) is 9.40 Å². The summed E-state index contributed by atoms with van der Waals surface area (Å²) in [7, 11) is 0. The van der Waals surface area contributed by atoms with Gasteiger partial charge in [-0.2, -0.15) is 0 Å². The van der Waals surface area contributed by atoms with E-state index in [1.165, 1.54) is 37.8 Å². The molecule has 0 saturated heterocycles. The molecule has 12 aromatic rings. The second-order valence-corrected chi connectivity index (χ2v) is 14.8. The van der Waals surface area contributed by atoms with Crippen molar-refractivity contribution < 1.29 is 4.42 Å². The minimum Gasteiger partial charge on any atom is -0.435 e. The molecule has 0 aliphatic heterocycles. The Morgan fingerprint density at radius 3 is 1.84 bits per heavy atom. The zero-order chi connectivity index (χ0) is 37.5. The van der Waals surface area contributed by atoms with E-state index in [1.807, 2.05) is 30.3 Å². The molecule has 0 radical (unpaired) electrons. The topological polar surface area (TPSA) is 34.2 Å². The van der Waals surface area contributed by atoms with Crippen LogP contribution in [0.3, 0.4) is 0 Å². The second-order valence-electron chi connectivity index (χ2n) is 14.8. The molecule has 4 heteroatoms. The molecular weight excluding hydrogens is 695 g/mol. The predicted octanol–water partition coefficient (Wildman–Crippen LogP) is 14.7. The van der Waals surface area contributed by atoms with E-state index >= 15 is 0 Å². The van der Waals surface area contributed by atoms with Gasteiger partial charge in [-0.1, -0.05) is 133 Å². The Labute approximate surface area is 328 Å². The molecule has 12 rings (SSSR count). The molecule has 0 N–H and O–H groups in total. The lowest BCUT2D eigenvalue weighted by atomic mass is 9.99. The van der Waals surface area contributed by atoms with Gasteiger partial charge in [0.15, 0.2) is 5.58 Å². The summed E-state index contributed by atoms with van der Waals surface area (Å²) in [5.74, 6) is 0.622. The van der Waals surface area contributed by atoms with Crippen molar-refractivity contribution in [1.29, 1.82) is 0 Å². The number of fused-ring (bicyclic) bond motifs is 11. The number of oxazole rings is 1. The van der Waals surface area contributed by atoms with Crippen LogP contribution in [0.25, 0.3) is 93.1 Å². The summed E-state index contributed by atoms with van der Waals surface area (Å²) in [5, 5.41) is 11.7. The summed E-state index contributed by atoms with van der Waals surface area (Å²) in [5.41, 5.74) is 9.24. The number of aromatic nitrogens is 2. The van der Waals surface area contributed by atoms with E-state index in [2.05, 4.69) is 179 Å². The summed E-state index contributed by atoms with van der Waals surface area (Å²) in [6.45, 7) is 0. The first kappa shape index (κ1) is 31.6. The van der Waals surface area contributed by atoms with Crippen LogP contribution in [0.1, 0.15) is 0 Å². The fraction of sp³-hybridized carbons (Fsp3) is 0. The first-order valence-corrected chi connectivity index (χ1v) is 19.4. The van der Waals surface area contributed by atoms with Crippen LogP contribution in [0.4, 0.5) is 17.1 Å². The number of benzene rings is 10. The van der Waals surface area contributed by atoms with Crippen LogP contribution in [0.2, 0.25) is 0 Å². The minimum absolute atomic E-state index is 0.622. The average Bonchev–Trinajstić information content (AvgIpc) is 3.87. The lowest BCUT2D eigenvalue weighted by molar-refractivity contribution is 0.623. The number of hydrogen-bond acceptors (Lipinski definition) is 3. The van der Waals surface area contributed by atoms with E-state index in [0.29, 0.717) is 5.89 Å². The highest BCUT2D eigenvalue weighted by Gasteiger charge is 2.23. The maximum Gasteiger partial charge on any atom is 0.227 e. The highest BCUT2D eigenvalue weighted by atomic mass is 16.3. The van der Waals surface area contributed by atoms with Gasteiger partial charge >= 0.3 is 0 Å². The van der Waals surface area contributed by atoms with Crippen LogP contribution in [-0.4, -0.2) is 9.55 Å². The van der Waals surface area contributed by atoms with Crippen LogP contribution in [-0.2, 0) is 0 Å². The van der Waals surface area contributed by atoms with Gasteiger partial charge in [0.25, 0.3) is 0 Å². The molecule has 0 bridgehead atoms. The molecular formula is C53H33N3O. The van der Waals surface area contributed by atoms with E-state index in [0.717, 1.165) is 66.5 Å². The summed E-state index contributed by atoms with van der Waals surface area (Å²) in [4.78, 5) is 7.40. The molecule has 266 valence electrons. The number of hydrogen-bond donors (Lipinski definition) is 0. The number of anilines is 3. The number of rotatable bonds is 5. The Morgan fingerprint density at radius 2 is 1.04 bits per heavy atom. The van der Waals surface area contributed by atoms with Crippen LogP contribution in [0.5, 0.6) is 0 Å². The molecule has 2 aromatic heterocycles. The Kier molecular flexibility index (Phi) is 6.89. The van der Waals surface area contributed by atoms with Gasteiger partial charge in [0, 0.05) is 38.8 Å². The van der Waals surface area contributed by atoms with E-state index in [1.54, 1.807) is 0 Å². The van der Waals surface area contributed by atoms with Crippen molar-refractivity contribution in [3.05, 3.63) is 200 Å². The number of para-hydroxylation sites is 3. The monoisotopic (exact) mass is 727 g/mol. The fourth-order valence-electron chi connectivity index (χ4n) is 8.94.